The van der Waals surface area contributed by atoms with E-state index in [0.717, 1.165) is 31.8 Å². The van der Waals surface area contributed by atoms with Crippen molar-refractivity contribution in [3.63, 3.8) is 0 Å². The summed E-state index contributed by atoms with van der Waals surface area (Å²) in [7, 11) is 1.67. The summed E-state index contributed by atoms with van der Waals surface area (Å²) >= 11 is 4.61. The molecule has 0 spiro atoms. The number of hydrogen-bond acceptors (Lipinski definition) is 9. The van der Waals surface area contributed by atoms with Gasteiger partial charge in [-0.25, -0.2) is 4.98 Å². The van der Waals surface area contributed by atoms with Crippen molar-refractivity contribution in [3.8, 4) is 21.8 Å². The van der Waals surface area contributed by atoms with Gasteiger partial charge in [0.05, 0.1) is 23.8 Å². The first-order valence-electron chi connectivity index (χ1n) is 10.2. The zero-order valence-electron chi connectivity index (χ0n) is 17.9. The first-order chi connectivity index (χ1) is 16.2. The van der Waals surface area contributed by atoms with Crippen LogP contribution in [0.25, 0.3) is 32.0 Å². The Morgan fingerprint density at radius 2 is 2.06 bits per heavy atom. The molecule has 0 saturated heterocycles. The first-order valence-corrected chi connectivity index (χ1v) is 12.8. The highest BCUT2D eigenvalue weighted by molar-refractivity contribution is 7.99. The van der Waals surface area contributed by atoms with E-state index in [2.05, 4.69) is 20.2 Å². The standard InChI is InChI=1S/C22H20N6O2S3/c1-13(18-24-20(29)17-15(12-32-21(17)25-18)16-4-3-11-31-16)33-22-27-26-19(28(22)9-10-30-2)14-5-7-23-8-6-14/h3-8,11-13H,9-10H2,1-2H3,(H,24,25,29). The number of aromatic nitrogens is 6. The van der Waals surface area contributed by atoms with E-state index in [1.54, 1.807) is 30.8 Å². The molecule has 0 amide bonds. The molecule has 0 aromatic carbocycles. The van der Waals surface area contributed by atoms with Crippen molar-refractivity contribution < 1.29 is 4.74 Å². The predicted octanol–water partition coefficient (Wildman–Crippen LogP) is 4.87. The van der Waals surface area contributed by atoms with Gasteiger partial charge in [0.25, 0.3) is 5.56 Å². The lowest BCUT2D eigenvalue weighted by atomic mass is 10.2. The summed E-state index contributed by atoms with van der Waals surface area (Å²) in [5, 5.41) is 14.1. The summed E-state index contributed by atoms with van der Waals surface area (Å²) in [5.41, 5.74) is 1.75. The van der Waals surface area contributed by atoms with Crippen LogP contribution < -0.4 is 5.56 Å². The molecule has 0 fully saturated rings. The van der Waals surface area contributed by atoms with Crippen LogP contribution in [0.3, 0.4) is 0 Å². The third kappa shape index (κ3) is 4.36. The van der Waals surface area contributed by atoms with Crippen LogP contribution in [0.1, 0.15) is 18.0 Å². The van der Waals surface area contributed by atoms with Crippen molar-refractivity contribution in [2.24, 2.45) is 0 Å². The number of aromatic amines is 1. The van der Waals surface area contributed by atoms with Crippen LogP contribution in [-0.2, 0) is 11.3 Å². The first kappa shape index (κ1) is 22.0. The SMILES string of the molecule is COCCn1c(SC(C)c2nc3scc(-c4cccs4)c3c(=O)[nH]2)nnc1-c1ccncc1. The van der Waals surface area contributed by atoms with Gasteiger partial charge in [-0.3, -0.25) is 14.3 Å². The van der Waals surface area contributed by atoms with Crippen LogP contribution in [-0.4, -0.2) is 43.4 Å². The second kappa shape index (κ2) is 9.56. The highest BCUT2D eigenvalue weighted by Gasteiger charge is 2.21. The van der Waals surface area contributed by atoms with Crippen molar-refractivity contribution in [2.45, 2.75) is 23.9 Å². The van der Waals surface area contributed by atoms with Crippen LogP contribution >= 0.6 is 34.4 Å². The predicted molar refractivity (Wildman–Crippen MR) is 133 cm³/mol. The molecule has 0 aliphatic rings. The molecule has 8 nitrogen and oxygen atoms in total. The maximum atomic E-state index is 13.0. The monoisotopic (exact) mass is 496 g/mol. The number of pyridine rings is 1. The van der Waals surface area contributed by atoms with Crippen molar-refractivity contribution >= 4 is 44.7 Å². The molecule has 33 heavy (non-hydrogen) atoms. The maximum Gasteiger partial charge on any atom is 0.260 e. The molecular weight excluding hydrogens is 476 g/mol. The molecule has 1 N–H and O–H groups in total. The van der Waals surface area contributed by atoms with Crippen LogP contribution in [0, 0.1) is 0 Å². The van der Waals surface area contributed by atoms with E-state index < -0.39 is 0 Å². The van der Waals surface area contributed by atoms with E-state index in [-0.39, 0.29) is 10.8 Å². The topological polar surface area (TPSA) is 98.6 Å². The summed E-state index contributed by atoms with van der Waals surface area (Å²) < 4.78 is 7.32. The van der Waals surface area contributed by atoms with Gasteiger partial charge in [-0.05, 0) is 30.5 Å². The molecule has 0 aliphatic heterocycles. The summed E-state index contributed by atoms with van der Waals surface area (Å²) in [6.07, 6.45) is 3.46. The molecular formula is C22H20N6O2S3. The van der Waals surface area contributed by atoms with Crippen molar-refractivity contribution in [1.29, 1.82) is 0 Å². The lowest BCUT2D eigenvalue weighted by Crippen LogP contribution is -2.13. The Kier molecular flexibility index (Phi) is 6.36. The number of nitrogens with zero attached hydrogens (tertiary/aromatic N) is 5. The zero-order valence-corrected chi connectivity index (χ0v) is 20.3. The zero-order chi connectivity index (χ0) is 22.8. The van der Waals surface area contributed by atoms with Crippen LogP contribution in [0.15, 0.2) is 57.4 Å². The van der Waals surface area contributed by atoms with Crippen LogP contribution in [0.4, 0.5) is 0 Å². The van der Waals surface area contributed by atoms with Gasteiger partial charge in [-0.15, -0.1) is 32.9 Å². The third-order valence-corrected chi connectivity index (χ3v) is 7.96. The van der Waals surface area contributed by atoms with Gasteiger partial charge in [0.1, 0.15) is 10.7 Å². The van der Waals surface area contributed by atoms with Gasteiger partial charge in [0.15, 0.2) is 11.0 Å². The number of thioether (sulfide) groups is 1. The molecule has 1 unspecified atom stereocenters. The summed E-state index contributed by atoms with van der Waals surface area (Å²) in [6, 6.07) is 7.81. The van der Waals surface area contributed by atoms with E-state index >= 15 is 0 Å². The Hall–Kier alpha value is -2.86. The number of fused-ring (bicyclic) bond motifs is 1. The highest BCUT2D eigenvalue weighted by atomic mass is 32.2. The molecule has 0 aliphatic carbocycles. The molecule has 5 rings (SSSR count). The van der Waals surface area contributed by atoms with E-state index in [1.165, 1.54) is 23.1 Å². The Morgan fingerprint density at radius 3 is 2.82 bits per heavy atom. The van der Waals surface area contributed by atoms with Gasteiger partial charge in [-0.1, -0.05) is 17.8 Å². The normalized spacial score (nSPS) is 12.4. The second-order valence-electron chi connectivity index (χ2n) is 7.20. The number of ether oxygens (including phenoxy) is 1. The number of methoxy groups -OCH3 is 1. The lowest BCUT2D eigenvalue weighted by molar-refractivity contribution is 0.185. The second-order valence-corrected chi connectivity index (χ2v) is 10.3. The maximum absolute atomic E-state index is 13.0. The largest absolute Gasteiger partial charge is 0.383 e. The average Bonchev–Trinajstić information content (AvgIpc) is 3.58. The van der Waals surface area contributed by atoms with Gasteiger partial charge in [0.2, 0.25) is 0 Å². The fourth-order valence-electron chi connectivity index (χ4n) is 3.46. The van der Waals surface area contributed by atoms with E-state index in [4.69, 9.17) is 9.72 Å². The fraction of sp³-hybridized carbons (Fsp3) is 0.227. The highest BCUT2D eigenvalue weighted by Crippen LogP contribution is 2.37. The van der Waals surface area contributed by atoms with E-state index in [9.17, 15) is 4.79 Å². The fourth-order valence-corrected chi connectivity index (χ4v) is 6.16. The molecule has 168 valence electrons. The van der Waals surface area contributed by atoms with Crippen LogP contribution in [0.5, 0.6) is 0 Å². The quantitative estimate of drug-likeness (QED) is 0.306. The number of nitrogens with one attached hydrogen (secondary N) is 1. The van der Waals surface area contributed by atoms with Gasteiger partial charge in [-0.2, -0.15) is 0 Å². The molecule has 5 aromatic rings. The molecule has 1 atom stereocenters. The molecule has 0 saturated carbocycles. The smallest absolute Gasteiger partial charge is 0.260 e. The molecule has 5 heterocycles. The summed E-state index contributed by atoms with van der Waals surface area (Å²) in [6.45, 7) is 3.14. The van der Waals surface area contributed by atoms with Gasteiger partial charge >= 0.3 is 0 Å². The Balaban J connectivity index is 1.47. The minimum absolute atomic E-state index is 0.120. The summed E-state index contributed by atoms with van der Waals surface area (Å²) in [5.74, 6) is 1.36. The Bertz CT molecular complexity index is 1430. The number of thiophene rings is 2. The van der Waals surface area contributed by atoms with E-state index in [1.807, 2.05) is 46.5 Å². The molecule has 11 heteroatoms. The molecule has 0 bridgehead atoms. The average molecular weight is 497 g/mol. The van der Waals surface area contributed by atoms with Gasteiger partial charge in [0, 0.05) is 40.9 Å². The number of rotatable bonds is 8. The van der Waals surface area contributed by atoms with Crippen molar-refractivity contribution in [1.82, 2.24) is 29.7 Å². The summed E-state index contributed by atoms with van der Waals surface area (Å²) in [4.78, 5) is 26.6. The third-order valence-electron chi connectivity index (χ3n) is 5.09. The lowest BCUT2D eigenvalue weighted by Gasteiger charge is -2.13. The van der Waals surface area contributed by atoms with Gasteiger partial charge < -0.3 is 9.72 Å². The minimum atomic E-state index is -0.134. The van der Waals surface area contributed by atoms with Crippen molar-refractivity contribution in [3.05, 3.63) is 63.6 Å². The van der Waals surface area contributed by atoms with E-state index in [0.29, 0.717) is 24.4 Å². The molecule has 0 radical (unpaired) electrons. The van der Waals surface area contributed by atoms with Crippen LogP contribution in [0.2, 0.25) is 0 Å². The number of hydrogen-bond donors (Lipinski definition) is 1. The minimum Gasteiger partial charge on any atom is -0.383 e. The molecule has 5 aromatic heterocycles. The Labute approximate surface area is 201 Å². The number of H-pyrrole nitrogens is 1. The Morgan fingerprint density at radius 1 is 1.21 bits per heavy atom. The van der Waals surface area contributed by atoms with Crippen molar-refractivity contribution in [2.75, 3.05) is 13.7 Å².